The number of hydrogen-bond donors (Lipinski definition) is 1. The number of aromatic nitrogens is 2. The number of piperidine rings is 1. The van der Waals surface area contributed by atoms with Crippen LogP contribution < -0.4 is 5.32 Å². The predicted molar refractivity (Wildman–Crippen MR) is 136 cm³/mol. The first-order valence-corrected chi connectivity index (χ1v) is 11.3. The molecule has 4 rings (SSSR count). The van der Waals surface area contributed by atoms with Gasteiger partial charge in [0.25, 0.3) is 0 Å². The molecular weight excluding hydrogens is 538 g/mol. The van der Waals surface area contributed by atoms with Gasteiger partial charge in [0.05, 0.1) is 24.6 Å². The van der Waals surface area contributed by atoms with Gasteiger partial charge < -0.3 is 19.9 Å². The Labute approximate surface area is 211 Å². The summed E-state index contributed by atoms with van der Waals surface area (Å²) in [5.41, 5.74) is 1.78. The predicted octanol–water partition coefficient (Wildman–Crippen LogP) is 2.32. The van der Waals surface area contributed by atoms with Gasteiger partial charge in [-0.3, -0.25) is 9.79 Å². The molecule has 180 valence electrons. The number of nitrogens with one attached hydrogen (secondary N) is 1. The molecule has 3 heterocycles. The summed E-state index contributed by atoms with van der Waals surface area (Å²) >= 11 is 0. The zero-order valence-corrected chi connectivity index (χ0v) is 21.3. The Morgan fingerprint density at radius 2 is 1.82 bits per heavy atom. The first kappa shape index (κ1) is 25.4. The number of aliphatic imine (C=N–C) groups is 1. The molecule has 2 fully saturated rings. The minimum Gasteiger partial charge on any atom is -0.378 e. The highest BCUT2D eigenvalue weighted by Crippen LogP contribution is 2.20. The largest absolute Gasteiger partial charge is 0.378 e. The maximum atomic E-state index is 13.1. The second-order valence-corrected chi connectivity index (χ2v) is 8.15. The van der Waals surface area contributed by atoms with Crippen molar-refractivity contribution in [1.82, 2.24) is 24.9 Å². The van der Waals surface area contributed by atoms with Gasteiger partial charge in [0.2, 0.25) is 5.91 Å². The van der Waals surface area contributed by atoms with Gasteiger partial charge >= 0.3 is 0 Å². The quantitative estimate of drug-likeness (QED) is 0.340. The molecule has 1 aromatic heterocycles. The normalized spacial score (nSPS) is 17.6. The fourth-order valence-electron chi connectivity index (χ4n) is 4.25. The molecule has 1 N–H and O–H groups in total. The number of ether oxygens (including phenoxy) is 1. The summed E-state index contributed by atoms with van der Waals surface area (Å²) in [5.74, 6) is 0.969. The van der Waals surface area contributed by atoms with Crippen molar-refractivity contribution in [3.8, 4) is 5.69 Å². The third-order valence-electron chi connectivity index (χ3n) is 6.08. The molecule has 1 aromatic carbocycles. The van der Waals surface area contributed by atoms with Gasteiger partial charge in [0.1, 0.15) is 5.82 Å². The highest BCUT2D eigenvalue weighted by atomic mass is 127. The fraction of sp³-hybridized carbons (Fsp3) is 0.522. The van der Waals surface area contributed by atoms with Crippen LogP contribution in [0.1, 0.15) is 18.5 Å². The van der Waals surface area contributed by atoms with Crippen molar-refractivity contribution in [3.05, 3.63) is 48.0 Å². The zero-order chi connectivity index (χ0) is 22.3. The highest BCUT2D eigenvalue weighted by Gasteiger charge is 2.30. The van der Waals surface area contributed by atoms with Crippen LogP contribution >= 0.6 is 24.0 Å². The minimum atomic E-state index is -0.258. The van der Waals surface area contributed by atoms with Crippen LogP contribution in [0.5, 0.6) is 0 Å². The van der Waals surface area contributed by atoms with Gasteiger partial charge in [-0.25, -0.2) is 9.07 Å². The maximum Gasteiger partial charge on any atom is 0.225 e. The van der Waals surface area contributed by atoms with E-state index >= 15 is 0 Å². The smallest absolute Gasteiger partial charge is 0.225 e. The third-order valence-corrected chi connectivity index (χ3v) is 6.08. The molecule has 0 aliphatic carbocycles. The third kappa shape index (κ3) is 6.66. The first-order chi connectivity index (χ1) is 15.6. The summed E-state index contributed by atoms with van der Waals surface area (Å²) in [6, 6.07) is 8.25. The summed E-state index contributed by atoms with van der Waals surface area (Å²) in [6.07, 6.45) is 4.32. The molecule has 2 aliphatic heterocycles. The lowest BCUT2D eigenvalue weighted by Gasteiger charge is -2.36. The van der Waals surface area contributed by atoms with E-state index in [4.69, 9.17) is 4.74 Å². The van der Waals surface area contributed by atoms with E-state index in [-0.39, 0.29) is 41.6 Å². The Balaban J connectivity index is 0.00000306. The van der Waals surface area contributed by atoms with Crippen LogP contribution in [0.15, 0.2) is 41.5 Å². The van der Waals surface area contributed by atoms with E-state index in [0.29, 0.717) is 32.8 Å². The maximum absolute atomic E-state index is 13.1. The van der Waals surface area contributed by atoms with Crippen molar-refractivity contribution in [2.75, 3.05) is 53.0 Å². The Kier molecular flexibility index (Phi) is 9.48. The number of rotatable bonds is 5. The van der Waals surface area contributed by atoms with Gasteiger partial charge in [-0.2, -0.15) is 5.10 Å². The van der Waals surface area contributed by atoms with E-state index in [1.165, 1.54) is 12.1 Å². The van der Waals surface area contributed by atoms with Crippen molar-refractivity contribution >= 4 is 35.8 Å². The van der Waals surface area contributed by atoms with Crippen molar-refractivity contribution in [2.24, 2.45) is 10.9 Å². The second kappa shape index (κ2) is 12.3. The van der Waals surface area contributed by atoms with E-state index in [1.54, 1.807) is 23.9 Å². The molecule has 1 amide bonds. The molecule has 0 radical (unpaired) electrons. The number of nitrogens with zero attached hydrogens (tertiary/aromatic N) is 5. The standard InChI is InChI=1S/C23H31FN6O2.HI/c1-25-23(29-11-7-18(8-12-29)22(31)28-14-16-32-17-15-28)26-10-6-20-9-13-30(27-20)21-4-2-19(24)3-5-21;/h2-5,9,13,18H,6-8,10-12,14-17H2,1H3,(H,25,26);1H. The summed E-state index contributed by atoms with van der Waals surface area (Å²) in [6.45, 7) is 5.05. The number of halogens is 2. The number of guanidine groups is 1. The monoisotopic (exact) mass is 570 g/mol. The van der Waals surface area contributed by atoms with Gasteiger partial charge in [-0.1, -0.05) is 0 Å². The Morgan fingerprint density at radius 3 is 2.48 bits per heavy atom. The van der Waals surface area contributed by atoms with Gasteiger partial charge in [0.15, 0.2) is 5.96 Å². The van der Waals surface area contributed by atoms with Crippen LogP contribution in [0.2, 0.25) is 0 Å². The summed E-state index contributed by atoms with van der Waals surface area (Å²) in [4.78, 5) is 21.3. The molecule has 0 atom stereocenters. The molecule has 2 aromatic rings. The zero-order valence-electron chi connectivity index (χ0n) is 19.0. The summed E-state index contributed by atoms with van der Waals surface area (Å²) in [5, 5.41) is 7.99. The number of morpholine rings is 1. The van der Waals surface area contributed by atoms with Crippen molar-refractivity contribution in [3.63, 3.8) is 0 Å². The minimum absolute atomic E-state index is 0. The molecular formula is C23H32FIN6O2. The molecule has 0 saturated carbocycles. The van der Waals surface area contributed by atoms with Crippen molar-refractivity contribution in [2.45, 2.75) is 19.3 Å². The molecule has 0 bridgehead atoms. The lowest BCUT2D eigenvalue weighted by molar-refractivity contribution is -0.140. The number of carbonyl (C=O) groups excluding carboxylic acids is 1. The average molecular weight is 570 g/mol. The topological polar surface area (TPSA) is 75.0 Å². The molecule has 10 heteroatoms. The Hall–Kier alpha value is -2.21. The van der Waals surface area contributed by atoms with E-state index in [9.17, 15) is 9.18 Å². The van der Waals surface area contributed by atoms with Crippen LogP contribution in [-0.4, -0.2) is 84.4 Å². The summed E-state index contributed by atoms with van der Waals surface area (Å²) in [7, 11) is 1.79. The number of benzene rings is 1. The van der Waals surface area contributed by atoms with Gasteiger partial charge in [0, 0.05) is 58.3 Å². The molecule has 8 nitrogen and oxygen atoms in total. The van der Waals surface area contributed by atoms with Crippen molar-refractivity contribution < 1.29 is 13.9 Å². The summed E-state index contributed by atoms with van der Waals surface area (Å²) < 4.78 is 20.2. The van der Waals surface area contributed by atoms with E-state index < -0.39 is 0 Å². The van der Waals surface area contributed by atoms with E-state index in [0.717, 1.165) is 49.7 Å². The molecule has 2 saturated heterocycles. The van der Waals surface area contributed by atoms with Crippen molar-refractivity contribution in [1.29, 1.82) is 0 Å². The van der Waals surface area contributed by atoms with Crippen LogP contribution in [-0.2, 0) is 16.0 Å². The molecule has 2 aliphatic rings. The fourth-order valence-corrected chi connectivity index (χ4v) is 4.25. The van der Waals surface area contributed by atoms with Crippen LogP contribution in [0, 0.1) is 11.7 Å². The van der Waals surface area contributed by atoms with Crippen LogP contribution in [0.3, 0.4) is 0 Å². The SMILES string of the molecule is CN=C(NCCc1ccn(-c2ccc(F)cc2)n1)N1CCC(C(=O)N2CCOCC2)CC1.I. The van der Waals surface area contributed by atoms with Crippen LogP contribution in [0.25, 0.3) is 5.69 Å². The first-order valence-electron chi connectivity index (χ1n) is 11.3. The molecule has 0 spiro atoms. The number of likely N-dealkylation sites (tertiary alicyclic amines) is 1. The number of amides is 1. The van der Waals surface area contributed by atoms with Gasteiger partial charge in [-0.05, 0) is 43.2 Å². The lowest BCUT2D eigenvalue weighted by Crippen LogP contribution is -2.50. The van der Waals surface area contributed by atoms with E-state index in [1.807, 2.05) is 17.2 Å². The molecule has 0 unspecified atom stereocenters. The molecule has 33 heavy (non-hydrogen) atoms. The van der Waals surface area contributed by atoms with Gasteiger partial charge in [-0.15, -0.1) is 24.0 Å². The van der Waals surface area contributed by atoms with Crippen LogP contribution in [0.4, 0.5) is 4.39 Å². The Morgan fingerprint density at radius 1 is 1.12 bits per heavy atom. The highest BCUT2D eigenvalue weighted by molar-refractivity contribution is 14.0. The Bertz CT molecular complexity index is 921. The average Bonchev–Trinajstić information content (AvgIpc) is 3.31. The number of carbonyl (C=O) groups is 1. The second-order valence-electron chi connectivity index (χ2n) is 8.15. The van der Waals surface area contributed by atoms with E-state index in [2.05, 4.69) is 20.3 Å². The lowest BCUT2D eigenvalue weighted by atomic mass is 9.95. The number of hydrogen-bond acceptors (Lipinski definition) is 4.